The van der Waals surface area contributed by atoms with Gasteiger partial charge in [0, 0.05) is 24.7 Å². The standard InChI is InChI=1S/C14H24N2O2/c1-3-14(2,16-5-8-17-9-6-16)13(15)10-12-4-7-18-11-12/h4,7,11,13H,3,5-6,8-10,15H2,1-2H3. The molecule has 0 spiro atoms. The van der Waals surface area contributed by atoms with Crippen molar-refractivity contribution in [2.75, 3.05) is 26.3 Å². The molecular weight excluding hydrogens is 228 g/mol. The average Bonchev–Trinajstić information content (AvgIpc) is 2.91. The zero-order valence-corrected chi connectivity index (χ0v) is 11.4. The van der Waals surface area contributed by atoms with E-state index in [1.807, 2.05) is 6.07 Å². The van der Waals surface area contributed by atoms with E-state index in [4.69, 9.17) is 14.9 Å². The molecule has 1 fully saturated rings. The zero-order valence-electron chi connectivity index (χ0n) is 11.4. The number of hydrogen-bond donors (Lipinski definition) is 1. The number of rotatable bonds is 5. The normalized spacial score (nSPS) is 22.6. The van der Waals surface area contributed by atoms with E-state index in [0.29, 0.717) is 0 Å². The fourth-order valence-corrected chi connectivity index (χ4v) is 2.68. The Morgan fingerprint density at radius 2 is 2.17 bits per heavy atom. The number of morpholine rings is 1. The first-order chi connectivity index (χ1) is 8.66. The average molecular weight is 252 g/mol. The Balaban J connectivity index is 2.04. The van der Waals surface area contributed by atoms with E-state index in [9.17, 15) is 0 Å². The molecule has 2 heterocycles. The molecule has 0 amide bonds. The Morgan fingerprint density at radius 1 is 1.44 bits per heavy atom. The van der Waals surface area contributed by atoms with Gasteiger partial charge in [-0.2, -0.15) is 0 Å². The quantitative estimate of drug-likeness (QED) is 0.865. The molecule has 1 aromatic heterocycles. The van der Waals surface area contributed by atoms with Gasteiger partial charge >= 0.3 is 0 Å². The highest BCUT2D eigenvalue weighted by Crippen LogP contribution is 2.26. The third-order valence-electron chi connectivity index (χ3n) is 4.28. The van der Waals surface area contributed by atoms with Crippen LogP contribution in [0.3, 0.4) is 0 Å². The fraction of sp³-hybridized carbons (Fsp3) is 0.714. The van der Waals surface area contributed by atoms with Crippen LogP contribution in [0, 0.1) is 0 Å². The van der Waals surface area contributed by atoms with Crippen LogP contribution in [0.25, 0.3) is 0 Å². The molecule has 0 saturated carbocycles. The first-order valence-corrected chi connectivity index (χ1v) is 6.76. The molecule has 0 bridgehead atoms. The van der Waals surface area contributed by atoms with Crippen molar-refractivity contribution in [2.24, 2.45) is 5.73 Å². The minimum absolute atomic E-state index is 0.0288. The van der Waals surface area contributed by atoms with Gasteiger partial charge in [0.15, 0.2) is 0 Å². The van der Waals surface area contributed by atoms with Gasteiger partial charge in [-0.15, -0.1) is 0 Å². The lowest BCUT2D eigenvalue weighted by atomic mass is 9.84. The highest BCUT2D eigenvalue weighted by Gasteiger charge is 2.36. The van der Waals surface area contributed by atoms with Crippen LogP contribution in [-0.4, -0.2) is 42.8 Å². The maximum Gasteiger partial charge on any atom is 0.0935 e. The van der Waals surface area contributed by atoms with Crippen LogP contribution in [0.2, 0.25) is 0 Å². The number of nitrogens with zero attached hydrogens (tertiary/aromatic N) is 1. The van der Waals surface area contributed by atoms with Gasteiger partial charge in [-0.3, -0.25) is 4.90 Å². The predicted octanol–water partition coefficient (Wildman–Crippen LogP) is 1.65. The summed E-state index contributed by atoms with van der Waals surface area (Å²) in [7, 11) is 0. The first kappa shape index (κ1) is 13.6. The molecular formula is C14H24N2O2. The summed E-state index contributed by atoms with van der Waals surface area (Å²) in [6, 6.07) is 2.10. The van der Waals surface area contributed by atoms with Gasteiger partial charge in [0.1, 0.15) is 0 Å². The summed E-state index contributed by atoms with van der Waals surface area (Å²) < 4.78 is 10.5. The smallest absolute Gasteiger partial charge is 0.0935 e. The molecule has 2 N–H and O–H groups in total. The lowest BCUT2D eigenvalue weighted by Crippen LogP contribution is -2.61. The minimum Gasteiger partial charge on any atom is -0.472 e. The molecule has 0 radical (unpaired) electrons. The van der Waals surface area contributed by atoms with E-state index in [-0.39, 0.29) is 11.6 Å². The first-order valence-electron chi connectivity index (χ1n) is 6.76. The molecule has 2 atom stereocenters. The Labute approximate surface area is 109 Å². The SMILES string of the molecule is CCC(C)(C(N)Cc1ccoc1)N1CCOCC1. The fourth-order valence-electron chi connectivity index (χ4n) is 2.68. The van der Waals surface area contributed by atoms with Crippen molar-refractivity contribution >= 4 is 0 Å². The summed E-state index contributed by atoms with van der Waals surface area (Å²) in [5.41, 5.74) is 7.67. The van der Waals surface area contributed by atoms with Crippen molar-refractivity contribution in [3.05, 3.63) is 24.2 Å². The van der Waals surface area contributed by atoms with E-state index in [0.717, 1.165) is 39.1 Å². The van der Waals surface area contributed by atoms with Crippen LogP contribution in [0.4, 0.5) is 0 Å². The van der Waals surface area contributed by atoms with Crippen LogP contribution in [0.1, 0.15) is 25.8 Å². The summed E-state index contributed by atoms with van der Waals surface area (Å²) in [4.78, 5) is 2.47. The second-order valence-corrected chi connectivity index (χ2v) is 5.25. The van der Waals surface area contributed by atoms with Crippen molar-refractivity contribution < 1.29 is 9.15 Å². The second-order valence-electron chi connectivity index (χ2n) is 5.25. The van der Waals surface area contributed by atoms with Gasteiger partial charge < -0.3 is 14.9 Å². The van der Waals surface area contributed by atoms with E-state index >= 15 is 0 Å². The molecule has 2 rings (SSSR count). The topological polar surface area (TPSA) is 51.6 Å². The zero-order chi connectivity index (χ0) is 13.0. The Morgan fingerprint density at radius 3 is 2.72 bits per heavy atom. The van der Waals surface area contributed by atoms with Crippen LogP contribution >= 0.6 is 0 Å². The summed E-state index contributed by atoms with van der Waals surface area (Å²) in [6.07, 6.45) is 5.40. The van der Waals surface area contributed by atoms with Crippen LogP contribution in [0.15, 0.2) is 23.0 Å². The number of furan rings is 1. The van der Waals surface area contributed by atoms with Crippen LogP contribution in [0.5, 0.6) is 0 Å². The highest BCUT2D eigenvalue weighted by molar-refractivity contribution is 5.10. The summed E-state index contributed by atoms with van der Waals surface area (Å²) in [5, 5.41) is 0. The van der Waals surface area contributed by atoms with Crippen molar-refractivity contribution in [3.8, 4) is 0 Å². The van der Waals surface area contributed by atoms with E-state index in [1.165, 1.54) is 5.56 Å². The monoisotopic (exact) mass is 252 g/mol. The maximum absolute atomic E-state index is 6.46. The van der Waals surface area contributed by atoms with Crippen LogP contribution < -0.4 is 5.73 Å². The molecule has 2 unspecified atom stereocenters. The second kappa shape index (κ2) is 5.87. The maximum atomic E-state index is 6.46. The molecule has 102 valence electrons. The lowest BCUT2D eigenvalue weighted by Gasteiger charge is -2.46. The number of nitrogens with two attached hydrogens (primary N) is 1. The third-order valence-corrected chi connectivity index (χ3v) is 4.28. The van der Waals surface area contributed by atoms with Gasteiger partial charge in [0.05, 0.1) is 25.7 Å². The van der Waals surface area contributed by atoms with Crippen molar-refractivity contribution in [2.45, 2.75) is 38.3 Å². The Kier molecular flexibility index (Phi) is 4.43. The highest BCUT2D eigenvalue weighted by atomic mass is 16.5. The number of ether oxygens (including phenoxy) is 1. The Hall–Kier alpha value is -0.840. The Bertz CT molecular complexity index is 347. The minimum atomic E-state index is 0.0288. The molecule has 18 heavy (non-hydrogen) atoms. The molecule has 0 aromatic carbocycles. The van der Waals surface area contributed by atoms with E-state index < -0.39 is 0 Å². The molecule has 4 heteroatoms. The van der Waals surface area contributed by atoms with Crippen molar-refractivity contribution in [1.29, 1.82) is 0 Å². The molecule has 1 saturated heterocycles. The van der Waals surface area contributed by atoms with Gasteiger partial charge in [0.2, 0.25) is 0 Å². The van der Waals surface area contributed by atoms with E-state index in [2.05, 4.69) is 18.7 Å². The van der Waals surface area contributed by atoms with Gasteiger partial charge in [-0.25, -0.2) is 0 Å². The number of hydrogen-bond acceptors (Lipinski definition) is 4. The van der Waals surface area contributed by atoms with Gasteiger partial charge in [-0.05, 0) is 31.4 Å². The summed E-state index contributed by atoms with van der Waals surface area (Å²) >= 11 is 0. The summed E-state index contributed by atoms with van der Waals surface area (Å²) in [5.74, 6) is 0. The van der Waals surface area contributed by atoms with Crippen molar-refractivity contribution in [3.63, 3.8) is 0 Å². The lowest BCUT2D eigenvalue weighted by molar-refractivity contribution is -0.0272. The van der Waals surface area contributed by atoms with Crippen molar-refractivity contribution in [1.82, 2.24) is 4.90 Å². The predicted molar refractivity (Wildman–Crippen MR) is 71.5 cm³/mol. The van der Waals surface area contributed by atoms with Gasteiger partial charge in [0.25, 0.3) is 0 Å². The van der Waals surface area contributed by atoms with Crippen LogP contribution in [-0.2, 0) is 11.2 Å². The molecule has 1 aliphatic rings. The third kappa shape index (κ3) is 2.76. The van der Waals surface area contributed by atoms with E-state index in [1.54, 1.807) is 12.5 Å². The molecule has 4 nitrogen and oxygen atoms in total. The summed E-state index contributed by atoms with van der Waals surface area (Å²) in [6.45, 7) is 8.06. The largest absolute Gasteiger partial charge is 0.472 e. The molecule has 1 aliphatic heterocycles. The molecule has 1 aromatic rings. The van der Waals surface area contributed by atoms with Gasteiger partial charge in [-0.1, -0.05) is 6.92 Å². The molecule has 0 aliphatic carbocycles.